The Bertz CT molecular complexity index is 1300. The Hall–Kier alpha value is -2.78. The van der Waals surface area contributed by atoms with Gasteiger partial charge in [0.1, 0.15) is 5.75 Å². The molecule has 1 amide bonds. The summed E-state index contributed by atoms with van der Waals surface area (Å²) in [5.41, 5.74) is 2.33. The maximum absolute atomic E-state index is 12.4. The predicted molar refractivity (Wildman–Crippen MR) is 147 cm³/mol. The molecule has 212 valence electrons. The summed E-state index contributed by atoms with van der Waals surface area (Å²) in [6.45, 7) is 8.01. The van der Waals surface area contributed by atoms with Gasteiger partial charge in [-0.15, -0.1) is 0 Å². The molecule has 1 spiro atoms. The molecule has 5 heterocycles. The average molecular weight is 547 g/mol. The van der Waals surface area contributed by atoms with Crippen molar-refractivity contribution >= 4 is 11.6 Å². The van der Waals surface area contributed by atoms with Gasteiger partial charge in [0.15, 0.2) is 11.9 Å². The van der Waals surface area contributed by atoms with E-state index >= 15 is 0 Å². The third-order valence-electron chi connectivity index (χ3n) is 9.95. The van der Waals surface area contributed by atoms with Crippen LogP contribution >= 0.6 is 0 Å². The highest BCUT2D eigenvalue weighted by atomic mass is 17.3. The van der Waals surface area contributed by atoms with Crippen LogP contribution in [0.5, 0.6) is 5.75 Å². The number of carbonyl (C=O) groups excluding carboxylic acids is 1. The van der Waals surface area contributed by atoms with E-state index in [4.69, 9.17) is 24.0 Å². The van der Waals surface area contributed by atoms with Gasteiger partial charge in [-0.25, -0.2) is 14.8 Å². The average Bonchev–Trinajstić information content (AvgIpc) is 3.29. The number of hydrogen-bond acceptors (Lipinski definition) is 7. The van der Waals surface area contributed by atoms with Gasteiger partial charge in [0.25, 0.3) is 0 Å². The fourth-order valence-corrected chi connectivity index (χ4v) is 7.78. The van der Waals surface area contributed by atoms with Crippen LogP contribution in [-0.2, 0) is 24.0 Å². The van der Waals surface area contributed by atoms with E-state index in [9.17, 15) is 4.79 Å². The van der Waals surface area contributed by atoms with Crippen molar-refractivity contribution in [1.29, 1.82) is 0 Å². The Morgan fingerprint density at radius 1 is 1.00 bits per heavy atom. The molecule has 2 bridgehead atoms. The molecule has 9 atom stereocenters. The van der Waals surface area contributed by atoms with Gasteiger partial charge in [-0.1, -0.05) is 44.2 Å². The number of hydrazone groups is 1. The summed E-state index contributed by atoms with van der Waals surface area (Å²) in [7, 11) is 0. The summed E-state index contributed by atoms with van der Waals surface area (Å²) in [6, 6.07) is 17.9. The van der Waals surface area contributed by atoms with Crippen LogP contribution in [0.2, 0.25) is 0 Å². The second-order valence-corrected chi connectivity index (χ2v) is 12.5. The summed E-state index contributed by atoms with van der Waals surface area (Å²) < 4.78 is 19.5. The molecule has 0 radical (unpaired) electrons. The Morgan fingerprint density at radius 3 is 2.52 bits per heavy atom. The van der Waals surface area contributed by atoms with E-state index in [0.717, 1.165) is 48.3 Å². The maximum Gasteiger partial charge on any atom is 0.240 e. The second-order valence-electron chi connectivity index (χ2n) is 12.5. The number of nitrogens with zero attached hydrogens (tertiary/aromatic N) is 2. The van der Waals surface area contributed by atoms with E-state index in [0.29, 0.717) is 18.3 Å². The normalized spacial score (nSPS) is 40.2. The van der Waals surface area contributed by atoms with Crippen molar-refractivity contribution in [3.05, 3.63) is 65.7 Å². The molecule has 8 rings (SSSR count). The number of benzene rings is 2. The SMILES string of the molecule is CC(=O)N1N=C(c2ccc(O[C@H]3O[C@@H]4O[C@@]5(C)CC[C@H]6[C@H](C)CC[C@@H]([C@H]3C)[C@@]46OO5)cc2)CC1c1ccccc1. The van der Waals surface area contributed by atoms with Crippen LogP contribution in [0.25, 0.3) is 0 Å². The number of ether oxygens (including phenoxy) is 3. The first-order chi connectivity index (χ1) is 19.3. The molecule has 6 aliphatic rings. The molecule has 1 saturated carbocycles. The molecule has 40 heavy (non-hydrogen) atoms. The van der Waals surface area contributed by atoms with Gasteiger partial charge >= 0.3 is 0 Å². The van der Waals surface area contributed by atoms with Crippen molar-refractivity contribution in [1.82, 2.24) is 5.01 Å². The van der Waals surface area contributed by atoms with Gasteiger partial charge in [-0.05, 0) is 73.4 Å². The van der Waals surface area contributed by atoms with Crippen molar-refractivity contribution in [2.75, 3.05) is 0 Å². The second kappa shape index (κ2) is 9.65. The van der Waals surface area contributed by atoms with E-state index in [-0.39, 0.29) is 23.8 Å². The minimum atomic E-state index is -0.808. The lowest BCUT2D eigenvalue weighted by Gasteiger charge is -2.60. The topological polar surface area (TPSA) is 78.8 Å². The minimum Gasteiger partial charge on any atom is -0.465 e. The molecule has 4 saturated heterocycles. The first-order valence-corrected chi connectivity index (χ1v) is 14.7. The van der Waals surface area contributed by atoms with Crippen molar-refractivity contribution in [2.24, 2.45) is 28.8 Å². The van der Waals surface area contributed by atoms with Crippen LogP contribution in [0.15, 0.2) is 59.7 Å². The summed E-state index contributed by atoms with van der Waals surface area (Å²) in [5.74, 6) is 0.992. The first-order valence-electron chi connectivity index (χ1n) is 14.7. The molecule has 0 N–H and O–H groups in total. The van der Waals surface area contributed by atoms with Gasteiger partial charge < -0.3 is 14.2 Å². The fourth-order valence-electron chi connectivity index (χ4n) is 7.78. The molecule has 5 aliphatic heterocycles. The van der Waals surface area contributed by atoms with E-state index in [1.807, 2.05) is 61.5 Å². The quantitative estimate of drug-likeness (QED) is 0.440. The Labute approximate surface area is 235 Å². The van der Waals surface area contributed by atoms with Crippen molar-refractivity contribution in [3.8, 4) is 5.75 Å². The third kappa shape index (κ3) is 4.11. The highest BCUT2D eigenvalue weighted by Gasteiger charge is 2.69. The minimum absolute atomic E-state index is 0.0676. The number of carbonyl (C=O) groups is 1. The maximum atomic E-state index is 12.4. The Balaban J connectivity index is 1.10. The standard InChI is InChI=1S/C32H38N2O6/c1-19-10-15-26-20(2)29(37-30-32(26)25(19)16-17-31(4,38-30)39-40-32)36-24-13-11-22(12-14-24)27-18-28(34(33-27)21(3)35)23-8-6-5-7-9-23/h5-9,11-14,19-20,25-26,28-30H,10,15-18H2,1-4H3/t19-,20-,25+,26+,28?,29+,30-,31-,32-/m1/s1. The fraction of sp³-hybridized carbons (Fsp3) is 0.562. The zero-order valence-corrected chi connectivity index (χ0v) is 23.6. The van der Waals surface area contributed by atoms with E-state index in [1.54, 1.807) is 11.9 Å². The summed E-state index contributed by atoms with van der Waals surface area (Å²) >= 11 is 0. The molecule has 5 fully saturated rings. The van der Waals surface area contributed by atoms with Crippen LogP contribution in [0.1, 0.15) is 77.0 Å². The number of rotatable bonds is 4. The zero-order valence-electron chi connectivity index (χ0n) is 23.6. The summed E-state index contributed by atoms with van der Waals surface area (Å²) in [6.07, 6.45) is 3.63. The van der Waals surface area contributed by atoms with Gasteiger partial charge in [0.05, 0.1) is 11.8 Å². The third-order valence-corrected chi connectivity index (χ3v) is 9.95. The van der Waals surface area contributed by atoms with Crippen LogP contribution in [0, 0.1) is 23.7 Å². The molecule has 0 aromatic heterocycles. The molecule has 1 unspecified atom stereocenters. The monoisotopic (exact) mass is 546 g/mol. The number of fused-ring (bicyclic) bond motifs is 2. The van der Waals surface area contributed by atoms with Gasteiger partial charge in [0, 0.05) is 31.6 Å². The van der Waals surface area contributed by atoms with Gasteiger partial charge in [-0.2, -0.15) is 5.10 Å². The van der Waals surface area contributed by atoms with Gasteiger partial charge in [0.2, 0.25) is 18.0 Å². The largest absolute Gasteiger partial charge is 0.465 e. The number of amides is 1. The lowest BCUT2D eigenvalue weighted by Crippen LogP contribution is -2.70. The molecule has 8 heteroatoms. The summed E-state index contributed by atoms with van der Waals surface area (Å²) in [5, 5.41) is 6.28. The molecule has 2 aromatic carbocycles. The van der Waals surface area contributed by atoms with Gasteiger partial charge in [-0.3, -0.25) is 4.79 Å². The van der Waals surface area contributed by atoms with Crippen molar-refractivity contribution < 1.29 is 28.8 Å². The Kier molecular flexibility index (Phi) is 6.31. The van der Waals surface area contributed by atoms with Crippen molar-refractivity contribution in [3.63, 3.8) is 0 Å². The lowest BCUT2D eigenvalue weighted by atomic mass is 9.58. The smallest absolute Gasteiger partial charge is 0.240 e. The molecule has 1 aliphatic carbocycles. The van der Waals surface area contributed by atoms with E-state index in [2.05, 4.69) is 18.9 Å². The Morgan fingerprint density at radius 2 is 1.77 bits per heavy atom. The first kappa shape index (κ1) is 26.1. The highest BCUT2D eigenvalue weighted by molar-refractivity contribution is 6.03. The molecule has 8 nitrogen and oxygen atoms in total. The number of hydrogen-bond donors (Lipinski definition) is 0. The van der Waals surface area contributed by atoms with E-state index < -0.39 is 24.0 Å². The van der Waals surface area contributed by atoms with Crippen molar-refractivity contribution in [2.45, 2.75) is 89.8 Å². The molecule has 2 aromatic rings. The lowest BCUT2D eigenvalue weighted by molar-refractivity contribution is -0.575. The van der Waals surface area contributed by atoms with Crippen LogP contribution in [0.4, 0.5) is 0 Å². The molecular formula is C32H38N2O6. The zero-order chi connectivity index (χ0) is 27.6. The summed E-state index contributed by atoms with van der Waals surface area (Å²) in [4.78, 5) is 24.5. The molecular weight excluding hydrogens is 508 g/mol. The van der Waals surface area contributed by atoms with Crippen LogP contribution in [0.3, 0.4) is 0 Å². The van der Waals surface area contributed by atoms with E-state index in [1.165, 1.54) is 0 Å². The van der Waals surface area contributed by atoms with Crippen LogP contribution < -0.4 is 4.74 Å². The van der Waals surface area contributed by atoms with Crippen LogP contribution in [-0.4, -0.2) is 40.6 Å². The highest BCUT2D eigenvalue weighted by Crippen LogP contribution is 2.60. The predicted octanol–water partition coefficient (Wildman–Crippen LogP) is 5.97.